The summed E-state index contributed by atoms with van der Waals surface area (Å²) in [6.07, 6.45) is 3.42. The molecule has 1 saturated heterocycles. The highest BCUT2D eigenvalue weighted by atomic mass is 16.5. The molecule has 0 aromatic carbocycles. The lowest BCUT2D eigenvalue weighted by Crippen LogP contribution is -1.95. The first-order chi connectivity index (χ1) is 3.43. The zero-order valence-electron chi connectivity index (χ0n) is 4.05. The van der Waals surface area contributed by atoms with E-state index in [4.69, 9.17) is 4.74 Å². The molecule has 3 fully saturated rings. The normalized spacial score (nSPS) is 70.9. The molecule has 1 heterocycles. The summed E-state index contributed by atoms with van der Waals surface area (Å²) in [6.45, 7) is 1.98. The van der Waals surface area contributed by atoms with Crippen LogP contribution in [0.25, 0.3) is 0 Å². The maximum Gasteiger partial charge on any atom is 0.228 e. The van der Waals surface area contributed by atoms with Gasteiger partial charge in [-0.15, -0.1) is 0 Å². The van der Waals surface area contributed by atoms with Crippen molar-refractivity contribution in [2.24, 2.45) is 11.3 Å². The Hall–Kier alpha value is -0.170. The highest BCUT2D eigenvalue weighted by Gasteiger charge is 2.86. The summed E-state index contributed by atoms with van der Waals surface area (Å²) in [5.74, 6) is 1.01. The maximum absolute atomic E-state index is 5.25. The molecule has 0 bridgehead atoms. The van der Waals surface area contributed by atoms with Gasteiger partial charge in [0.1, 0.15) is 12.5 Å². The van der Waals surface area contributed by atoms with E-state index < -0.39 is 0 Å². The fourth-order valence-corrected chi connectivity index (χ4v) is 1.84. The molecular formula is C6H7O+. The average Bonchev–Trinajstić information content (AvgIpc) is 2.41. The lowest BCUT2D eigenvalue weighted by molar-refractivity contribution is 0.174. The molecule has 1 nitrogen and oxygen atoms in total. The van der Waals surface area contributed by atoms with E-state index in [1.807, 2.05) is 6.61 Å². The summed E-state index contributed by atoms with van der Waals surface area (Å²) < 4.78 is 5.25. The number of fused-ring (bicyclic) bond motifs is 1. The highest BCUT2D eigenvalue weighted by Crippen LogP contribution is 2.81. The Morgan fingerprint density at radius 3 is 3.00 bits per heavy atom. The van der Waals surface area contributed by atoms with Gasteiger partial charge in [-0.2, -0.15) is 4.74 Å². The quantitative estimate of drug-likeness (QED) is 0.407. The molecule has 2 aliphatic carbocycles. The van der Waals surface area contributed by atoms with E-state index in [1.54, 1.807) is 0 Å². The van der Waals surface area contributed by atoms with Gasteiger partial charge in [0.05, 0.1) is 5.41 Å². The fourth-order valence-electron chi connectivity index (χ4n) is 1.84. The molecule has 0 amide bonds. The van der Waals surface area contributed by atoms with Gasteiger partial charge in [-0.3, -0.25) is 0 Å². The molecule has 7 heavy (non-hydrogen) atoms. The van der Waals surface area contributed by atoms with Crippen LogP contribution in [0.1, 0.15) is 12.8 Å². The van der Waals surface area contributed by atoms with Crippen LogP contribution in [-0.2, 0) is 4.74 Å². The number of hydrogen-bond acceptors (Lipinski definition) is 1. The van der Waals surface area contributed by atoms with Gasteiger partial charge in [0.15, 0.2) is 0 Å². The summed E-state index contributed by atoms with van der Waals surface area (Å²) >= 11 is 0. The van der Waals surface area contributed by atoms with Gasteiger partial charge in [0.2, 0.25) is 6.61 Å². The molecule has 0 aromatic heterocycles. The second-order valence-corrected chi connectivity index (χ2v) is 2.97. The lowest BCUT2D eigenvalue weighted by Gasteiger charge is -1.86. The summed E-state index contributed by atoms with van der Waals surface area (Å²) in [5, 5.41) is 0. The molecule has 0 aromatic rings. The summed E-state index contributed by atoms with van der Waals surface area (Å²) in [5.41, 5.74) is 0.750. The molecule has 36 valence electrons. The smallest absolute Gasteiger partial charge is 0.192 e. The summed E-state index contributed by atoms with van der Waals surface area (Å²) in [4.78, 5) is 0. The molecule has 2 saturated carbocycles. The summed E-state index contributed by atoms with van der Waals surface area (Å²) in [6, 6.07) is 0. The second kappa shape index (κ2) is 0.543. The third-order valence-corrected chi connectivity index (χ3v) is 2.71. The Morgan fingerprint density at radius 2 is 2.71 bits per heavy atom. The summed E-state index contributed by atoms with van der Waals surface area (Å²) in [7, 11) is 0. The predicted octanol–water partition coefficient (Wildman–Crippen LogP) is 0.957. The molecule has 3 aliphatic rings. The van der Waals surface area contributed by atoms with E-state index in [9.17, 15) is 0 Å². The first-order valence-corrected chi connectivity index (χ1v) is 2.91. The van der Waals surface area contributed by atoms with Crippen LogP contribution >= 0.6 is 0 Å². The maximum atomic E-state index is 5.25. The fraction of sp³-hybridized carbons (Fsp3) is 0.833. The molecule has 3 rings (SSSR count). The van der Waals surface area contributed by atoms with Gasteiger partial charge in [-0.05, 0) is 6.42 Å². The van der Waals surface area contributed by atoms with E-state index in [0.29, 0.717) is 6.10 Å². The van der Waals surface area contributed by atoms with Crippen molar-refractivity contribution in [2.45, 2.75) is 18.9 Å². The lowest BCUT2D eigenvalue weighted by atomic mass is 10.2. The largest absolute Gasteiger partial charge is 0.228 e. The Bertz CT molecular complexity index is 132. The highest BCUT2D eigenvalue weighted by molar-refractivity contribution is 5.31. The van der Waals surface area contributed by atoms with Crippen molar-refractivity contribution < 1.29 is 4.74 Å². The minimum absolute atomic E-state index is 0.701. The second-order valence-electron chi connectivity index (χ2n) is 2.97. The Balaban J connectivity index is 2.07. The zero-order chi connectivity index (χ0) is 4.48. The van der Waals surface area contributed by atoms with E-state index >= 15 is 0 Å². The predicted molar refractivity (Wildman–Crippen MR) is 24.3 cm³/mol. The van der Waals surface area contributed by atoms with Crippen molar-refractivity contribution in [2.75, 3.05) is 0 Å². The topological polar surface area (TPSA) is 9.23 Å². The van der Waals surface area contributed by atoms with Crippen molar-refractivity contribution in [3.05, 3.63) is 6.61 Å². The third kappa shape index (κ3) is 0.151. The van der Waals surface area contributed by atoms with Crippen molar-refractivity contribution in [3.8, 4) is 0 Å². The third-order valence-electron chi connectivity index (χ3n) is 2.71. The molecular weight excluding hydrogens is 88.1 g/mol. The Morgan fingerprint density at radius 1 is 1.71 bits per heavy atom. The Labute approximate surface area is 42.7 Å². The van der Waals surface area contributed by atoms with Crippen molar-refractivity contribution in [3.63, 3.8) is 0 Å². The van der Waals surface area contributed by atoms with E-state index in [-0.39, 0.29) is 0 Å². The van der Waals surface area contributed by atoms with Crippen LogP contribution in [0.2, 0.25) is 0 Å². The average molecular weight is 95.1 g/mol. The minimum atomic E-state index is 0.701. The van der Waals surface area contributed by atoms with E-state index in [0.717, 1.165) is 11.3 Å². The first kappa shape index (κ1) is 2.98. The monoisotopic (exact) mass is 95.0 g/mol. The van der Waals surface area contributed by atoms with E-state index in [1.165, 1.54) is 12.8 Å². The van der Waals surface area contributed by atoms with Gasteiger partial charge in [0.25, 0.3) is 0 Å². The molecule has 3 atom stereocenters. The van der Waals surface area contributed by atoms with E-state index in [2.05, 4.69) is 0 Å². The molecule has 0 N–H and O–H groups in total. The van der Waals surface area contributed by atoms with Crippen LogP contribution in [0.3, 0.4) is 0 Å². The van der Waals surface area contributed by atoms with Crippen molar-refractivity contribution in [1.29, 1.82) is 0 Å². The molecule has 0 radical (unpaired) electrons. The minimum Gasteiger partial charge on any atom is -0.192 e. The van der Waals surface area contributed by atoms with Crippen LogP contribution in [0.5, 0.6) is 0 Å². The van der Waals surface area contributed by atoms with Gasteiger partial charge in [0, 0.05) is 5.92 Å². The van der Waals surface area contributed by atoms with Gasteiger partial charge in [-0.1, -0.05) is 0 Å². The van der Waals surface area contributed by atoms with Crippen molar-refractivity contribution >= 4 is 0 Å². The van der Waals surface area contributed by atoms with Crippen molar-refractivity contribution in [1.82, 2.24) is 0 Å². The number of rotatable bonds is 0. The SMILES string of the molecule is [CH+]1CC23CC2C3O1. The van der Waals surface area contributed by atoms with Crippen LogP contribution in [-0.4, -0.2) is 6.10 Å². The van der Waals surface area contributed by atoms with Gasteiger partial charge < -0.3 is 0 Å². The molecule has 3 unspecified atom stereocenters. The Kier molecular flexibility index (Phi) is 0.231. The van der Waals surface area contributed by atoms with Crippen LogP contribution < -0.4 is 0 Å². The number of hydrogen-bond donors (Lipinski definition) is 0. The molecule has 1 spiro atoms. The standard InChI is InChI=1S/C6H7O/c1-2-7-5-4-3-6(1,4)5/h2,4-5H,1,3H2/q+1. The number of ether oxygens (including phenoxy) is 1. The van der Waals surface area contributed by atoms with Crippen LogP contribution in [0, 0.1) is 17.9 Å². The molecule has 1 aliphatic heterocycles. The van der Waals surface area contributed by atoms with Gasteiger partial charge >= 0.3 is 0 Å². The zero-order valence-corrected chi connectivity index (χ0v) is 4.05. The van der Waals surface area contributed by atoms with Crippen LogP contribution in [0.4, 0.5) is 0 Å². The first-order valence-electron chi connectivity index (χ1n) is 2.91. The van der Waals surface area contributed by atoms with Gasteiger partial charge in [-0.25, -0.2) is 0 Å². The molecule has 1 heteroatoms. The van der Waals surface area contributed by atoms with Crippen LogP contribution in [0.15, 0.2) is 0 Å².